The van der Waals surface area contributed by atoms with Gasteiger partial charge in [0.1, 0.15) is 0 Å². The molecule has 1 atom stereocenters. The lowest BCUT2D eigenvalue weighted by Crippen LogP contribution is -2.37. The molecule has 1 unspecified atom stereocenters. The van der Waals surface area contributed by atoms with Crippen LogP contribution in [0.25, 0.3) is 0 Å². The number of rotatable bonds is 6. The molecule has 24 heavy (non-hydrogen) atoms. The standard InChI is InChI=1S/C16H14O8/c1-10(17)23-16(21)15(14(20)11-6-4-3-5-7-11)24-13(19)9-8-12(18)22-2/h3-9,15H,1-2H3. The highest BCUT2D eigenvalue weighted by Crippen LogP contribution is 2.09. The van der Waals surface area contributed by atoms with E-state index in [1.54, 1.807) is 18.2 Å². The molecule has 1 aromatic rings. The average Bonchev–Trinajstić information content (AvgIpc) is 2.56. The maximum absolute atomic E-state index is 12.3. The molecule has 0 amide bonds. The first-order chi connectivity index (χ1) is 11.3. The number of ether oxygens (including phenoxy) is 3. The van der Waals surface area contributed by atoms with E-state index in [2.05, 4.69) is 9.47 Å². The van der Waals surface area contributed by atoms with Gasteiger partial charge in [0.05, 0.1) is 7.11 Å². The number of hydrogen-bond acceptors (Lipinski definition) is 8. The van der Waals surface area contributed by atoms with Gasteiger partial charge in [-0.15, -0.1) is 0 Å². The van der Waals surface area contributed by atoms with Crippen molar-refractivity contribution in [2.45, 2.75) is 13.0 Å². The first kappa shape index (κ1) is 18.8. The van der Waals surface area contributed by atoms with Crippen LogP contribution in [-0.2, 0) is 33.4 Å². The molecule has 0 fully saturated rings. The quantitative estimate of drug-likeness (QED) is 0.244. The van der Waals surface area contributed by atoms with Crippen molar-refractivity contribution < 1.29 is 38.2 Å². The largest absolute Gasteiger partial charge is 0.466 e. The molecular weight excluding hydrogens is 320 g/mol. The Balaban J connectivity index is 2.97. The first-order valence-electron chi connectivity index (χ1n) is 6.63. The van der Waals surface area contributed by atoms with Crippen LogP contribution in [0, 0.1) is 0 Å². The second kappa shape index (κ2) is 8.99. The third-order valence-electron chi connectivity index (χ3n) is 2.55. The van der Waals surface area contributed by atoms with Crippen LogP contribution in [0.5, 0.6) is 0 Å². The van der Waals surface area contributed by atoms with E-state index >= 15 is 0 Å². The summed E-state index contributed by atoms with van der Waals surface area (Å²) in [6.07, 6.45) is -0.549. The Hall–Kier alpha value is -3.29. The van der Waals surface area contributed by atoms with Crippen LogP contribution >= 0.6 is 0 Å². The fourth-order valence-corrected chi connectivity index (χ4v) is 1.52. The molecule has 0 saturated carbocycles. The number of methoxy groups -OCH3 is 1. The topological polar surface area (TPSA) is 113 Å². The third kappa shape index (κ3) is 5.84. The molecule has 0 heterocycles. The molecule has 0 aliphatic heterocycles. The van der Waals surface area contributed by atoms with Crippen LogP contribution in [0.4, 0.5) is 0 Å². The predicted molar refractivity (Wildman–Crippen MR) is 78.6 cm³/mol. The average molecular weight is 334 g/mol. The zero-order chi connectivity index (χ0) is 18.1. The van der Waals surface area contributed by atoms with E-state index in [-0.39, 0.29) is 5.56 Å². The number of esters is 4. The van der Waals surface area contributed by atoms with E-state index in [0.29, 0.717) is 6.08 Å². The van der Waals surface area contributed by atoms with Crippen LogP contribution < -0.4 is 0 Å². The number of ketones is 1. The molecule has 0 aliphatic rings. The summed E-state index contributed by atoms with van der Waals surface area (Å²) in [6.45, 7) is 0.959. The highest BCUT2D eigenvalue weighted by molar-refractivity contribution is 6.13. The molecule has 1 aromatic carbocycles. The zero-order valence-electron chi connectivity index (χ0n) is 12.9. The van der Waals surface area contributed by atoms with Gasteiger partial charge in [-0.3, -0.25) is 9.59 Å². The van der Waals surface area contributed by atoms with Gasteiger partial charge >= 0.3 is 23.9 Å². The molecule has 8 heteroatoms. The van der Waals surface area contributed by atoms with Crippen molar-refractivity contribution >= 4 is 29.7 Å². The first-order valence-corrected chi connectivity index (χ1v) is 6.63. The zero-order valence-corrected chi connectivity index (χ0v) is 12.9. The molecule has 1 rings (SSSR count). The Morgan fingerprint density at radius 2 is 1.54 bits per heavy atom. The Labute approximate surface area is 137 Å². The molecule has 0 saturated heterocycles. The van der Waals surface area contributed by atoms with Crippen molar-refractivity contribution in [1.82, 2.24) is 0 Å². The lowest BCUT2D eigenvalue weighted by atomic mass is 10.1. The number of carbonyl (C=O) groups excluding carboxylic acids is 5. The second-order valence-electron chi connectivity index (χ2n) is 4.32. The SMILES string of the molecule is COC(=O)C=CC(=O)OC(C(=O)OC(C)=O)C(=O)c1ccccc1. The van der Waals surface area contributed by atoms with Gasteiger partial charge in [0.25, 0.3) is 6.10 Å². The van der Waals surface area contributed by atoms with Crippen LogP contribution in [-0.4, -0.2) is 42.9 Å². The second-order valence-corrected chi connectivity index (χ2v) is 4.32. The van der Waals surface area contributed by atoms with Gasteiger partial charge in [0.15, 0.2) is 0 Å². The molecule has 0 aliphatic carbocycles. The minimum absolute atomic E-state index is 0.0766. The lowest BCUT2D eigenvalue weighted by Gasteiger charge is -2.13. The summed E-state index contributed by atoms with van der Waals surface area (Å²) in [5, 5.41) is 0. The fraction of sp³-hybridized carbons (Fsp3) is 0.188. The molecular formula is C16H14O8. The van der Waals surface area contributed by atoms with Gasteiger partial charge < -0.3 is 14.2 Å². The smallest absolute Gasteiger partial charge is 0.363 e. The Bertz CT molecular complexity index is 675. The van der Waals surface area contributed by atoms with Crippen molar-refractivity contribution in [3.05, 3.63) is 48.0 Å². The van der Waals surface area contributed by atoms with Crippen LogP contribution in [0.15, 0.2) is 42.5 Å². The summed E-state index contributed by atoms with van der Waals surface area (Å²) in [5.41, 5.74) is 0.0766. The molecule has 0 N–H and O–H groups in total. The predicted octanol–water partition coefficient (Wildman–Crippen LogP) is 0.600. The molecule has 8 nitrogen and oxygen atoms in total. The van der Waals surface area contributed by atoms with Gasteiger partial charge in [-0.1, -0.05) is 30.3 Å². The normalized spacial score (nSPS) is 11.4. The Morgan fingerprint density at radius 3 is 2.08 bits per heavy atom. The number of Topliss-reactive ketones (excluding diaryl/α,β-unsaturated/α-hetero) is 1. The van der Waals surface area contributed by atoms with E-state index < -0.39 is 35.8 Å². The fourth-order valence-electron chi connectivity index (χ4n) is 1.52. The van der Waals surface area contributed by atoms with Gasteiger partial charge in [-0.05, 0) is 0 Å². The summed E-state index contributed by atoms with van der Waals surface area (Å²) in [6, 6.07) is 7.52. The lowest BCUT2D eigenvalue weighted by molar-refractivity contribution is -0.168. The van der Waals surface area contributed by atoms with E-state index in [1.807, 2.05) is 0 Å². The minimum Gasteiger partial charge on any atom is -0.466 e. The van der Waals surface area contributed by atoms with Gasteiger partial charge in [-0.25, -0.2) is 14.4 Å². The minimum atomic E-state index is -1.98. The van der Waals surface area contributed by atoms with Crippen molar-refractivity contribution in [2.24, 2.45) is 0 Å². The number of carbonyl (C=O) groups is 5. The van der Waals surface area contributed by atoms with Crippen LogP contribution in [0.2, 0.25) is 0 Å². The van der Waals surface area contributed by atoms with Crippen molar-refractivity contribution in [3.8, 4) is 0 Å². The third-order valence-corrected chi connectivity index (χ3v) is 2.55. The number of benzene rings is 1. The van der Waals surface area contributed by atoms with Crippen molar-refractivity contribution in [2.75, 3.05) is 7.11 Å². The summed E-state index contributed by atoms with van der Waals surface area (Å²) in [4.78, 5) is 57.6. The summed E-state index contributed by atoms with van der Waals surface area (Å²) < 4.78 is 13.3. The molecule has 0 spiro atoms. The highest BCUT2D eigenvalue weighted by Gasteiger charge is 2.33. The van der Waals surface area contributed by atoms with Gasteiger partial charge in [-0.2, -0.15) is 0 Å². The maximum Gasteiger partial charge on any atom is 0.363 e. The van der Waals surface area contributed by atoms with Crippen LogP contribution in [0.3, 0.4) is 0 Å². The maximum atomic E-state index is 12.3. The van der Waals surface area contributed by atoms with E-state index in [4.69, 9.17) is 4.74 Å². The van der Waals surface area contributed by atoms with Crippen molar-refractivity contribution in [1.29, 1.82) is 0 Å². The number of hydrogen-bond donors (Lipinski definition) is 0. The molecule has 126 valence electrons. The Kier molecular flexibility index (Phi) is 7.02. The van der Waals surface area contributed by atoms with Crippen LogP contribution in [0.1, 0.15) is 17.3 Å². The molecule has 0 aromatic heterocycles. The molecule has 0 radical (unpaired) electrons. The summed E-state index contributed by atoms with van der Waals surface area (Å²) >= 11 is 0. The molecule has 0 bridgehead atoms. The highest BCUT2D eigenvalue weighted by atomic mass is 16.6. The van der Waals surface area contributed by atoms with Gasteiger partial charge in [0, 0.05) is 24.6 Å². The van der Waals surface area contributed by atoms with E-state index in [0.717, 1.165) is 20.1 Å². The van der Waals surface area contributed by atoms with Crippen molar-refractivity contribution in [3.63, 3.8) is 0 Å². The summed E-state index contributed by atoms with van der Waals surface area (Å²) in [7, 11) is 1.10. The Morgan fingerprint density at radius 1 is 0.958 bits per heavy atom. The van der Waals surface area contributed by atoms with Gasteiger partial charge in [0.2, 0.25) is 5.78 Å². The van der Waals surface area contributed by atoms with E-state index in [9.17, 15) is 24.0 Å². The summed E-state index contributed by atoms with van der Waals surface area (Å²) in [5.74, 6) is -5.16. The monoisotopic (exact) mass is 334 g/mol. The van der Waals surface area contributed by atoms with E-state index in [1.165, 1.54) is 12.1 Å².